The van der Waals surface area contributed by atoms with Crippen LogP contribution in [-0.2, 0) is 16.1 Å². The van der Waals surface area contributed by atoms with Crippen LogP contribution in [0.2, 0.25) is 0 Å². The summed E-state index contributed by atoms with van der Waals surface area (Å²) in [6.07, 6.45) is 0.867. The number of nitrogens with zero attached hydrogens (tertiary/aromatic N) is 4. The third kappa shape index (κ3) is 3.60. The monoisotopic (exact) mass is 374 g/mol. The Morgan fingerprint density at radius 1 is 1.27 bits per heavy atom. The Balaban J connectivity index is 2.11. The molecule has 0 saturated carbocycles. The molecular weight excluding hydrogens is 352 g/mol. The number of thioether (sulfide) groups is 1. The van der Waals surface area contributed by atoms with E-state index in [0.29, 0.717) is 35.4 Å². The molecule has 0 bridgehead atoms. The minimum Gasteiger partial charge on any atom is -0.465 e. The molecule has 0 aliphatic rings. The lowest BCUT2D eigenvalue weighted by atomic mass is 10.1. The molecule has 3 aromatic rings. The molecule has 3 rings (SSSR count). The standard InChI is InChI=1S/C18H22N4O3S/c1-4-25-15(23)11-26-18-20-19-17-21(10-9-12(2)3)16(24)13-7-5-6-8-14(13)22(17)18/h5-8,12H,4,9-11H2,1-3H3. The summed E-state index contributed by atoms with van der Waals surface area (Å²) < 4.78 is 8.49. The van der Waals surface area contributed by atoms with E-state index in [2.05, 4.69) is 24.0 Å². The third-order valence-corrected chi connectivity index (χ3v) is 4.94. The fourth-order valence-corrected chi connectivity index (χ4v) is 3.48. The molecule has 0 aliphatic heterocycles. The molecule has 0 radical (unpaired) electrons. The van der Waals surface area contributed by atoms with Gasteiger partial charge in [-0.15, -0.1) is 10.2 Å². The van der Waals surface area contributed by atoms with Crippen molar-refractivity contribution in [2.45, 2.75) is 38.9 Å². The number of aromatic nitrogens is 4. The molecule has 0 fully saturated rings. The highest BCUT2D eigenvalue weighted by atomic mass is 32.2. The lowest BCUT2D eigenvalue weighted by molar-refractivity contribution is -0.139. The number of esters is 1. The highest BCUT2D eigenvalue weighted by molar-refractivity contribution is 7.99. The van der Waals surface area contributed by atoms with Gasteiger partial charge in [0.1, 0.15) is 0 Å². The second-order valence-corrected chi connectivity index (χ2v) is 7.31. The molecule has 0 unspecified atom stereocenters. The number of rotatable bonds is 7. The second kappa shape index (κ2) is 7.90. The Bertz CT molecular complexity index is 993. The van der Waals surface area contributed by atoms with Crippen molar-refractivity contribution in [3.63, 3.8) is 0 Å². The van der Waals surface area contributed by atoms with Gasteiger partial charge in [0.05, 0.1) is 23.3 Å². The lowest BCUT2D eigenvalue weighted by Crippen LogP contribution is -2.24. The van der Waals surface area contributed by atoms with Crippen molar-refractivity contribution in [3.8, 4) is 0 Å². The minimum atomic E-state index is -0.299. The van der Waals surface area contributed by atoms with Gasteiger partial charge in [0.15, 0.2) is 5.16 Å². The molecule has 0 amide bonds. The maximum atomic E-state index is 12.9. The van der Waals surface area contributed by atoms with Gasteiger partial charge >= 0.3 is 5.97 Å². The van der Waals surface area contributed by atoms with E-state index >= 15 is 0 Å². The highest BCUT2D eigenvalue weighted by Crippen LogP contribution is 2.22. The van der Waals surface area contributed by atoms with Crippen LogP contribution < -0.4 is 5.56 Å². The topological polar surface area (TPSA) is 78.5 Å². The maximum absolute atomic E-state index is 12.9. The van der Waals surface area contributed by atoms with Crippen LogP contribution in [0.15, 0.2) is 34.2 Å². The molecule has 138 valence electrons. The normalized spacial score (nSPS) is 11.5. The lowest BCUT2D eigenvalue weighted by Gasteiger charge is -2.12. The molecule has 2 aromatic heterocycles. The number of carbonyl (C=O) groups is 1. The number of hydrogen-bond acceptors (Lipinski definition) is 6. The van der Waals surface area contributed by atoms with E-state index in [-0.39, 0.29) is 17.3 Å². The average Bonchev–Trinajstić information content (AvgIpc) is 3.04. The van der Waals surface area contributed by atoms with E-state index in [4.69, 9.17) is 4.74 Å². The molecular formula is C18H22N4O3S. The van der Waals surface area contributed by atoms with Gasteiger partial charge in [0.25, 0.3) is 5.56 Å². The number of carbonyl (C=O) groups excluding carboxylic acids is 1. The SMILES string of the molecule is CCOC(=O)CSc1nnc2n(CCC(C)C)c(=O)c3ccccc3n12. The largest absolute Gasteiger partial charge is 0.465 e. The molecule has 26 heavy (non-hydrogen) atoms. The number of hydrogen-bond donors (Lipinski definition) is 0. The fourth-order valence-electron chi connectivity index (χ4n) is 2.74. The van der Waals surface area contributed by atoms with Gasteiger partial charge in [-0.2, -0.15) is 0 Å². The first-order chi connectivity index (χ1) is 12.5. The van der Waals surface area contributed by atoms with Crippen LogP contribution in [0, 0.1) is 5.92 Å². The number of aryl methyl sites for hydroxylation is 1. The van der Waals surface area contributed by atoms with Crippen LogP contribution >= 0.6 is 11.8 Å². The zero-order valence-electron chi connectivity index (χ0n) is 15.1. The highest BCUT2D eigenvalue weighted by Gasteiger charge is 2.17. The van der Waals surface area contributed by atoms with E-state index in [0.717, 1.165) is 11.9 Å². The molecule has 0 saturated heterocycles. The number of para-hydroxylation sites is 1. The van der Waals surface area contributed by atoms with Crippen LogP contribution in [0.1, 0.15) is 27.2 Å². The third-order valence-electron chi connectivity index (χ3n) is 4.03. The van der Waals surface area contributed by atoms with Crippen LogP contribution in [0.5, 0.6) is 0 Å². The molecule has 7 nitrogen and oxygen atoms in total. The number of ether oxygens (including phenoxy) is 1. The smallest absolute Gasteiger partial charge is 0.316 e. The second-order valence-electron chi connectivity index (χ2n) is 6.37. The summed E-state index contributed by atoms with van der Waals surface area (Å²) >= 11 is 1.26. The number of fused-ring (bicyclic) bond motifs is 3. The van der Waals surface area contributed by atoms with Crippen LogP contribution in [0.3, 0.4) is 0 Å². The van der Waals surface area contributed by atoms with Gasteiger partial charge in [0, 0.05) is 6.54 Å². The van der Waals surface area contributed by atoms with Crippen LogP contribution in [-0.4, -0.2) is 37.5 Å². The molecule has 0 aliphatic carbocycles. The minimum absolute atomic E-state index is 0.0666. The zero-order valence-corrected chi connectivity index (χ0v) is 16.0. The molecule has 0 atom stereocenters. The van der Waals surface area contributed by atoms with Crippen molar-refractivity contribution >= 4 is 34.4 Å². The van der Waals surface area contributed by atoms with Crippen molar-refractivity contribution in [2.24, 2.45) is 5.92 Å². The van der Waals surface area contributed by atoms with Gasteiger partial charge in [-0.25, -0.2) is 0 Å². The first-order valence-electron chi connectivity index (χ1n) is 8.68. The predicted molar refractivity (Wildman–Crippen MR) is 102 cm³/mol. The Labute approximate surface area is 155 Å². The Morgan fingerprint density at radius 2 is 2.04 bits per heavy atom. The van der Waals surface area contributed by atoms with Gasteiger partial charge < -0.3 is 4.74 Å². The van der Waals surface area contributed by atoms with Crippen molar-refractivity contribution in [2.75, 3.05) is 12.4 Å². The van der Waals surface area contributed by atoms with E-state index < -0.39 is 0 Å². The summed E-state index contributed by atoms with van der Waals surface area (Å²) in [7, 11) is 0. The van der Waals surface area contributed by atoms with E-state index in [1.807, 2.05) is 28.7 Å². The maximum Gasteiger partial charge on any atom is 0.316 e. The Kier molecular flexibility index (Phi) is 5.61. The predicted octanol–water partition coefficient (Wildman–Crippen LogP) is 2.75. The van der Waals surface area contributed by atoms with Gasteiger partial charge in [0.2, 0.25) is 5.78 Å². The van der Waals surface area contributed by atoms with Gasteiger partial charge in [-0.1, -0.05) is 37.7 Å². The van der Waals surface area contributed by atoms with Gasteiger partial charge in [-0.3, -0.25) is 18.6 Å². The van der Waals surface area contributed by atoms with Crippen molar-refractivity contribution in [3.05, 3.63) is 34.6 Å². The van der Waals surface area contributed by atoms with E-state index in [1.165, 1.54) is 11.8 Å². The van der Waals surface area contributed by atoms with Crippen LogP contribution in [0.25, 0.3) is 16.7 Å². The molecule has 1 aromatic carbocycles. The fraction of sp³-hybridized carbons (Fsp3) is 0.444. The van der Waals surface area contributed by atoms with E-state index in [9.17, 15) is 9.59 Å². The Hall–Kier alpha value is -2.35. The van der Waals surface area contributed by atoms with Crippen molar-refractivity contribution in [1.82, 2.24) is 19.2 Å². The molecule has 0 N–H and O–H groups in total. The average molecular weight is 374 g/mol. The zero-order chi connectivity index (χ0) is 18.7. The van der Waals surface area contributed by atoms with Crippen molar-refractivity contribution < 1.29 is 9.53 Å². The summed E-state index contributed by atoms with van der Waals surface area (Å²) in [4.78, 5) is 24.6. The first-order valence-corrected chi connectivity index (χ1v) is 9.66. The summed E-state index contributed by atoms with van der Waals surface area (Å²) in [5, 5.41) is 9.63. The molecule has 0 spiro atoms. The first kappa shape index (κ1) is 18.4. The summed E-state index contributed by atoms with van der Waals surface area (Å²) in [5.74, 6) is 0.815. The quantitative estimate of drug-likeness (QED) is 0.467. The molecule has 8 heteroatoms. The summed E-state index contributed by atoms with van der Waals surface area (Å²) in [6.45, 7) is 6.93. The van der Waals surface area contributed by atoms with Crippen molar-refractivity contribution in [1.29, 1.82) is 0 Å². The molecule has 2 heterocycles. The van der Waals surface area contributed by atoms with E-state index in [1.54, 1.807) is 11.5 Å². The van der Waals surface area contributed by atoms with Crippen LogP contribution in [0.4, 0.5) is 0 Å². The number of benzene rings is 1. The summed E-state index contributed by atoms with van der Waals surface area (Å²) in [5.41, 5.74) is 0.674. The van der Waals surface area contributed by atoms with Gasteiger partial charge in [-0.05, 0) is 31.4 Å². The summed E-state index contributed by atoms with van der Waals surface area (Å²) in [6, 6.07) is 7.40. The Morgan fingerprint density at radius 3 is 2.77 bits per heavy atom.